The van der Waals surface area contributed by atoms with Gasteiger partial charge in [0.05, 0.1) is 5.02 Å². The molecule has 0 saturated heterocycles. The Morgan fingerprint density at radius 2 is 1.70 bits per heavy atom. The molecule has 0 N–H and O–H groups in total. The minimum Gasteiger partial charge on any atom is -0.206 e. The third-order valence-corrected chi connectivity index (χ3v) is 7.20. The largest absolute Gasteiger partial charge is 0.206 e. The molecule has 0 saturated carbocycles. The van der Waals surface area contributed by atoms with Crippen LogP contribution in [0.3, 0.4) is 0 Å². The van der Waals surface area contributed by atoms with E-state index in [2.05, 4.69) is 31.2 Å². The third-order valence-electron chi connectivity index (χ3n) is 6.83. The first-order valence-electron chi connectivity index (χ1n) is 12.0. The number of aryl methyl sites for hydroxylation is 2. The highest BCUT2D eigenvalue weighted by Crippen LogP contribution is 2.40. The van der Waals surface area contributed by atoms with Gasteiger partial charge in [-0.15, -0.1) is 0 Å². The highest BCUT2D eigenvalue weighted by atomic mass is 35.5. The van der Waals surface area contributed by atoms with Crippen molar-refractivity contribution in [2.24, 2.45) is 0 Å². The normalized spacial score (nSPS) is 16.0. The summed E-state index contributed by atoms with van der Waals surface area (Å²) in [5.41, 5.74) is 6.29. The zero-order valence-corrected chi connectivity index (χ0v) is 20.2. The molecule has 33 heavy (non-hydrogen) atoms. The molecule has 0 bridgehead atoms. The maximum atomic E-state index is 15.0. The van der Waals surface area contributed by atoms with Crippen LogP contribution in [0.5, 0.6) is 0 Å². The van der Waals surface area contributed by atoms with Crippen molar-refractivity contribution in [2.45, 2.75) is 64.7 Å². The van der Waals surface area contributed by atoms with Crippen LogP contribution in [-0.2, 0) is 6.42 Å². The summed E-state index contributed by atoms with van der Waals surface area (Å²) in [6, 6.07) is 17.6. The van der Waals surface area contributed by atoms with Crippen molar-refractivity contribution in [1.29, 1.82) is 0 Å². The van der Waals surface area contributed by atoms with Crippen LogP contribution in [0.25, 0.3) is 16.7 Å². The van der Waals surface area contributed by atoms with E-state index in [4.69, 9.17) is 11.6 Å². The maximum absolute atomic E-state index is 15.0. The Morgan fingerprint density at radius 3 is 2.36 bits per heavy atom. The summed E-state index contributed by atoms with van der Waals surface area (Å²) in [4.78, 5) is 0. The van der Waals surface area contributed by atoms with E-state index in [9.17, 15) is 4.39 Å². The summed E-state index contributed by atoms with van der Waals surface area (Å²) in [5.74, 6) is -0.263. The van der Waals surface area contributed by atoms with Crippen LogP contribution in [0.4, 0.5) is 8.78 Å². The fraction of sp³-hybridized carbons (Fsp3) is 0.333. The Bertz CT molecular complexity index is 1140. The Morgan fingerprint density at radius 1 is 0.939 bits per heavy atom. The van der Waals surface area contributed by atoms with Crippen molar-refractivity contribution < 1.29 is 8.78 Å². The molecule has 3 aromatic carbocycles. The van der Waals surface area contributed by atoms with Crippen molar-refractivity contribution in [3.05, 3.63) is 99.6 Å². The summed E-state index contributed by atoms with van der Waals surface area (Å²) < 4.78 is 29.2. The SMILES string of the molecule is CCCCCc1ccc(-c2ccc(C3CC=C(c4ccc(C)c(F)c4Cl)CC3)cc2F)cc1. The van der Waals surface area contributed by atoms with E-state index in [-0.39, 0.29) is 22.6 Å². The molecular weight excluding hydrogens is 434 g/mol. The Balaban J connectivity index is 1.46. The van der Waals surface area contributed by atoms with Crippen LogP contribution >= 0.6 is 11.6 Å². The molecule has 1 atom stereocenters. The van der Waals surface area contributed by atoms with E-state index in [1.807, 2.05) is 24.3 Å². The van der Waals surface area contributed by atoms with Gasteiger partial charge in [0.2, 0.25) is 0 Å². The molecule has 0 radical (unpaired) electrons. The molecule has 0 spiro atoms. The van der Waals surface area contributed by atoms with Gasteiger partial charge in [0.15, 0.2) is 0 Å². The smallest absolute Gasteiger partial charge is 0.145 e. The standard InChI is InChI=1S/C30H31ClF2/c1-3-4-5-6-21-8-10-23(11-9-21)26-18-16-25(19-28(26)32)22-12-14-24(15-13-22)27-17-7-20(2)30(33)29(27)31/h7-11,14,16-19,22H,3-6,12-13,15H2,1-2H3. The number of hydrogen-bond acceptors (Lipinski definition) is 0. The lowest BCUT2D eigenvalue weighted by Crippen LogP contribution is -2.05. The quantitative estimate of drug-likeness (QED) is 0.305. The molecule has 3 heteroatoms. The number of rotatable bonds is 7. The second-order valence-corrected chi connectivity index (χ2v) is 9.53. The maximum Gasteiger partial charge on any atom is 0.145 e. The van der Waals surface area contributed by atoms with Crippen molar-refractivity contribution in [3.8, 4) is 11.1 Å². The van der Waals surface area contributed by atoms with E-state index in [0.717, 1.165) is 47.9 Å². The Labute approximate surface area is 201 Å². The van der Waals surface area contributed by atoms with Gasteiger partial charge < -0.3 is 0 Å². The summed E-state index contributed by atoms with van der Waals surface area (Å²) >= 11 is 6.26. The molecule has 4 rings (SSSR count). The van der Waals surface area contributed by atoms with Crippen LogP contribution in [-0.4, -0.2) is 0 Å². The van der Waals surface area contributed by atoms with Gasteiger partial charge in [-0.05, 0) is 84.4 Å². The average molecular weight is 465 g/mol. The first-order chi connectivity index (χ1) is 16.0. The first kappa shape index (κ1) is 23.7. The summed E-state index contributed by atoms with van der Waals surface area (Å²) in [6.07, 6.45) is 9.35. The van der Waals surface area contributed by atoms with Crippen LogP contribution in [0.2, 0.25) is 5.02 Å². The molecule has 0 heterocycles. The molecule has 0 aromatic heterocycles. The van der Waals surface area contributed by atoms with Gasteiger partial charge in [0.1, 0.15) is 11.6 Å². The molecule has 0 nitrogen and oxygen atoms in total. The fourth-order valence-corrected chi connectivity index (χ4v) is 5.06. The van der Waals surface area contributed by atoms with Gasteiger partial charge in [-0.25, -0.2) is 8.78 Å². The average Bonchev–Trinajstić information content (AvgIpc) is 2.83. The van der Waals surface area contributed by atoms with Crippen molar-refractivity contribution >= 4 is 17.2 Å². The summed E-state index contributed by atoms with van der Waals surface area (Å²) in [7, 11) is 0. The highest BCUT2D eigenvalue weighted by molar-refractivity contribution is 6.32. The Kier molecular flexibility index (Phi) is 7.65. The fourth-order valence-electron chi connectivity index (χ4n) is 4.73. The van der Waals surface area contributed by atoms with Crippen LogP contribution in [0.15, 0.2) is 60.7 Å². The van der Waals surface area contributed by atoms with Gasteiger partial charge in [-0.1, -0.05) is 86.0 Å². The van der Waals surface area contributed by atoms with Crippen molar-refractivity contribution in [3.63, 3.8) is 0 Å². The van der Waals surface area contributed by atoms with Gasteiger partial charge in [-0.3, -0.25) is 0 Å². The van der Waals surface area contributed by atoms with E-state index in [1.165, 1.54) is 24.8 Å². The lowest BCUT2D eigenvalue weighted by molar-refractivity contribution is 0.600. The zero-order chi connectivity index (χ0) is 23.4. The summed E-state index contributed by atoms with van der Waals surface area (Å²) in [5, 5.41) is 0.200. The van der Waals surface area contributed by atoms with Crippen LogP contribution in [0.1, 0.15) is 73.6 Å². The van der Waals surface area contributed by atoms with Crippen LogP contribution in [0, 0.1) is 18.6 Å². The number of allylic oxidation sites excluding steroid dienone is 2. The van der Waals surface area contributed by atoms with Crippen molar-refractivity contribution in [1.82, 2.24) is 0 Å². The molecular formula is C30H31ClF2. The second-order valence-electron chi connectivity index (χ2n) is 9.15. The lowest BCUT2D eigenvalue weighted by Gasteiger charge is -2.23. The second kappa shape index (κ2) is 10.7. The van der Waals surface area contributed by atoms with Crippen LogP contribution < -0.4 is 0 Å². The van der Waals surface area contributed by atoms with E-state index in [1.54, 1.807) is 19.1 Å². The third kappa shape index (κ3) is 5.38. The number of hydrogen-bond donors (Lipinski definition) is 0. The Hall–Kier alpha value is -2.45. The number of halogens is 3. The van der Waals surface area contributed by atoms with Crippen molar-refractivity contribution in [2.75, 3.05) is 0 Å². The monoisotopic (exact) mass is 464 g/mol. The number of unbranched alkanes of at least 4 members (excludes halogenated alkanes) is 2. The van der Waals surface area contributed by atoms with Gasteiger partial charge in [-0.2, -0.15) is 0 Å². The molecule has 0 fully saturated rings. The van der Waals surface area contributed by atoms with E-state index < -0.39 is 0 Å². The molecule has 1 aliphatic carbocycles. The zero-order valence-electron chi connectivity index (χ0n) is 19.4. The minimum absolute atomic E-state index is 0.176. The molecule has 1 unspecified atom stereocenters. The predicted octanol–water partition coefficient (Wildman–Crippen LogP) is 9.68. The molecule has 1 aliphatic rings. The van der Waals surface area contributed by atoms with E-state index >= 15 is 4.39 Å². The van der Waals surface area contributed by atoms with E-state index in [0.29, 0.717) is 11.1 Å². The first-order valence-corrected chi connectivity index (χ1v) is 12.4. The molecule has 0 amide bonds. The molecule has 0 aliphatic heterocycles. The van der Waals surface area contributed by atoms with Gasteiger partial charge >= 0.3 is 0 Å². The number of benzene rings is 3. The van der Waals surface area contributed by atoms with Gasteiger partial charge in [0, 0.05) is 5.56 Å². The lowest BCUT2D eigenvalue weighted by atomic mass is 9.82. The minimum atomic E-state index is -0.344. The molecule has 172 valence electrons. The molecule has 3 aromatic rings. The van der Waals surface area contributed by atoms with Gasteiger partial charge in [0.25, 0.3) is 0 Å². The highest BCUT2D eigenvalue weighted by Gasteiger charge is 2.21. The predicted molar refractivity (Wildman–Crippen MR) is 136 cm³/mol. The summed E-state index contributed by atoms with van der Waals surface area (Å²) in [6.45, 7) is 3.93. The topological polar surface area (TPSA) is 0 Å².